The van der Waals surface area contributed by atoms with Gasteiger partial charge in [0.15, 0.2) is 0 Å². The number of piperidine rings is 1. The molecule has 1 saturated carbocycles. The Kier molecular flexibility index (Phi) is 4.88. The lowest BCUT2D eigenvalue weighted by Crippen LogP contribution is -2.40. The molecule has 3 aliphatic rings. The lowest BCUT2D eigenvalue weighted by atomic mass is 9.87. The molecule has 1 aliphatic carbocycles. The highest BCUT2D eigenvalue weighted by Crippen LogP contribution is 2.46. The Morgan fingerprint density at radius 1 is 1.17 bits per heavy atom. The van der Waals surface area contributed by atoms with Crippen molar-refractivity contribution in [1.29, 1.82) is 0 Å². The van der Waals surface area contributed by atoms with Crippen molar-refractivity contribution < 1.29 is 9.18 Å². The molecular weight excluding hydrogens is 421 g/mol. The molecule has 1 saturated heterocycles. The van der Waals surface area contributed by atoms with Gasteiger partial charge in [-0.3, -0.25) is 19.0 Å². The van der Waals surface area contributed by atoms with Crippen LogP contribution in [0.2, 0.25) is 5.02 Å². The van der Waals surface area contributed by atoms with Crippen LogP contribution in [-0.4, -0.2) is 33.5 Å². The van der Waals surface area contributed by atoms with Crippen molar-refractivity contribution in [2.24, 2.45) is 0 Å². The zero-order valence-electron chi connectivity index (χ0n) is 17.2. The van der Waals surface area contributed by atoms with E-state index in [9.17, 15) is 4.79 Å². The van der Waals surface area contributed by atoms with E-state index in [0.717, 1.165) is 23.9 Å². The first kappa shape index (κ1) is 20.3. The molecule has 1 aromatic heterocycles. The summed E-state index contributed by atoms with van der Waals surface area (Å²) in [5.41, 5.74) is 0.703. The van der Waals surface area contributed by atoms with Crippen molar-refractivity contribution in [1.82, 2.24) is 9.29 Å². The van der Waals surface area contributed by atoms with Crippen LogP contribution in [0.5, 0.6) is 0 Å². The fourth-order valence-corrected chi connectivity index (χ4v) is 5.89. The van der Waals surface area contributed by atoms with Crippen LogP contribution in [0, 0.1) is 0 Å². The highest BCUT2D eigenvalue weighted by Gasteiger charge is 2.45. The Hall–Kier alpha value is -1.63. The zero-order valence-corrected chi connectivity index (χ0v) is 18.8. The number of carbonyl (C=O) groups is 1. The van der Waals surface area contributed by atoms with E-state index in [1.807, 2.05) is 37.9 Å². The predicted molar refractivity (Wildman–Crippen MR) is 120 cm³/mol. The highest BCUT2D eigenvalue weighted by atomic mass is 35.5. The van der Waals surface area contributed by atoms with Crippen LogP contribution in [0.15, 0.2) is 36.7 Å². The number of alkyl halides is 1. The van der Waals surface area contributed by atoms with Gasteiger partial charge < -0.3 is 0 Å². The Morgan fingerprint density at radius 3 is 2.60 bits per heavy atom. The summed E-state index contributed by atoms with van der Waals surface area (Å²) in [5.74, 6) is -0.103. The Balaban J connectivity index is 1.42. The molecule has 0 spiro atoms. The summed E-state index contributed by atoms with van der Waals surface area (Å²) >= 11 is 8.07. The van der Waals surface area contributed by atoms with Gasteiger partial charge in [-0.2, -0.15) is 0 Å². The summed E-state index contributed by atoms with van der Waals surface area (Å²) in [7, 11) is 0. The average Bonchev–Trinajstić information content (AvgIpc) is 3.51. The van der Waals surface area contributed by atoms with E-state index in [4.69, 9.17) is 11.6 Å². The summed E-state index contributed by atoms with van der Waals surface area (Å²) in [6, 6.07) is 7.15. The van der Waals surface area contributed by atoms with Crippen LogP contribution >= 0.6 is 23.5 Å². The second-order valence-electron chi connectivity index (χ2n) is 9.02. The molecule has 1 amide bonds. The SMILES string of the molecule is CC1(C)c2cc(Cl)ccc2C(=O)N1c1cncc(C2(F)CCN(SC3CC3)CC2)c1. The standard InChI is InChI=1S/C23H25ClFN3OS/c1-22(2)20-12-16(24)3-6-19(20)21(29)28(22)17-11-15(13-26-14-17)23(25)7-9-27(10-8-23)30-18-4-5-18/h3,6,11-14,18H,4-5,7-10H2,1-2H3. The number of hydrogen-bond donors (Lipinski definition) is 0. The summed E-state index contributed by atoms with van der Waals surface area (Å²) in [6.45, 7) is 5.44. The third kappa shape index (κ3) is 3.43. The lowest BCUT2D eigenvalue weighted by molar-refractivity contribution is 0.0898. The second kappa shape index (κ2) is 7.21. The van der Waals surface area contributed by atoms with Crippen molar-refractivity contribution in [3.63, 3.8) is 0 Å². The van der Waals surface area contributed by atoms with Crippen molar-refractivity contribution in [3.05, 3.63) is 58.4 Å². The number of fused-ring (bicyclic) bond motifs is 1. The number of amides is 1. The molecule has 2 aromatic rings. The number of nitrogens with zero attached hydrogens (tertiary/aromatic N) is 3. The maximum atomic E-state index is 15.9. The maximum Gasteiger partial charge on any atom is 0.259 e. The van der Waals surface area contributed by atoms with Gasteiger partial charge in [-0.15, -0.1) is 0 Å². The Bertz CT molecular complexity index is 1000. The number of hydrogen-bond acceptors (Lipinski definition) is 4. The molecule has 7 heteroatoms. The zero-order chi connectivity index (χ0) is 21.1. The minimum absolute atomic E-state index is 0.103. The number of halogens is 2. The van der Waals surface area contributed by atoms with E-state index in [0.29, 0.717) is 34.7 Å². The fourth-order valence-electron chi connectivity index (χ4n) is 4.56. The molecule has 0 unspecified atom stereocenters. The number of rotatable bonds is 4. The molecule has 0 bridgehead atoms. The van der Waals surface area contributed by atoms with Crippen molar-refractivity contribution in [2.45, 2.75) is 56.0 Å². The van der Waals surface area contributed by atoms with Crippen LogP contribution in [0.25, 0.3) is 0 Å². The maximum absolute atomic E-state index is 15.9. The molecule has 0 radical (unpaired) electrons. The first-order chi connectivity index (χ1) is 14.3. The Labute approximate surface area is 185 Å². The van der Waals surface area contributed by atoms with E-state index in [1.165, 1.54) is 12.8 Å². The summed E-state index contributed by atoms with van der Waals surface area (Å²) in [5, 5.41) is 1.34. The van der Waals surface area contributed by atoms with Crippen LogP contribution < -0.4 is 4.90 Å². The number of carbonyl (C=O) groups excluding carboxylic acids is 1. The highest BCUT2D eigenvalue weighted by molar-refractivity contribution is 7.97. The van der Waals surface area contributed by atoms with E-state index >= 15 is 4.39 Å². The van der Waals surface area contributed by atoms with Gasteiger partial charge in [-0.1, -0.05) is 23.5 Å². The monoisotopic (exact) mass is 445 g/mol. The van der Waals surface area contributed by atoms with E-state index < -0.39 is 11.2 Å². The molecule has 158 valence electrons. The van der Waals surface area contributed by atoms with E-state index in [1.54, 1.807) is 29.4 Å². The van der Waals surface area contributed by atoms with Gasteiger partial charge in [0.2, 0.25) is 0 Å². The van der Waals surface area contributed by atoms with Gasteiger partial charge in [0.1, 0.15) is 5.67 Å². The molecule has 30 heavy (non-hydrogen) atoms. The van der Waals surface area contributed by atoms with Crippen LogP contribution in [0.3, 0.4) is 0 Å². The fraction of sp³-hybridized carbons (Fsp3) is 0.478. The molecule has 3 heterocycles. The van der Waals surface area contributed by atoms with Gasteiger partial charge in [0.25, 0.3) is 5.91 Å². The predicted octanol–water partition coefficient (Wildman–Crippen LogP) is 5.70. The topological polar surface area (TPSA) is 36.4 Å². The van der Waals surface area contributed by atoms with E-state index in [-0.39, 0.29) is 5.91 Å². The summed E-state index contributed by atoms with van der Waals surface area (Å²) < 4.78 is 18.2. The van der Waals surface area contributed by atoms with Crippen molar-refractivity contribution >= 4 is 35.1 Å². The van der Waals surface area contributed by atoms with Crippen molar-refractivity contribution in [2.75, 3.05) is 18.0 Å². The minimum atomic E-state index is -1.41. The first-order valence-electron chi connectivity index (χ1n) is 10.5. The second-order valence-corrected chi connectivity index (χ2v) is 10.9. The third-order valence-corrected chi connectivity index (χ3v) is 8.14. The molecule has 2 fully saturated rings. The molecular formula is C23H25ClFN3OS. The quantitative estimate of drug-likeness (QED) is 0.565. The van der Waals surface area contributed by atoms with Gasteiger partial charge in [0, 0.05) is 40.7 Å². The normalized spacial score (nSPS) is 22.9. The molecule has 1 aromatic carbocycles. The van der Waals surface area contributed by atoms with Gasteiger partial charge >= 0.3 is 0 Å². The number of aromatic nitrogens is 1. The number of pyridine rings is 1. The van der Waals surface area contributed by atoms with E-state index in [2.05, 4.69) is 9.29 Å². The van der Waals surface area contributed by atoms with Crippen molar-refractivity contribution in [3.8, 4) is 0 Å². The largest absolute Gasteiger partial charge is 0.297 e. The molecule has 5 rings (SSSR count). The van der Waals surface area contributed by atoms with Crippen LogP contribution in [0.1, 0.15) is 61.0 Å². The third-order valence-electron chi connectivity index (χ3n) is 6.47. The van der Waals surface area contributed by atoms with Crippen LogP contribution in [0.4, 0.5) is 10.1 Å². The first-order valence-corrected chi connectivity index (χ1v) is 11.7. The number of benzene rings is 1. The Morgan fingerprint density at radius 2 is 1.90 bits per heavy atom. The van der Waals surface area contributed by atoms with Gasteiger partial charge in [-0.25, -0.2) is 4.39 Å². The number of anilines is 1. The van der Waals surface area contributed by atoms with Gasteiger partial charge in [-0.05, 0) is 69.4 Å². The molecule has 4 nitrogen and oxygen atoms in total. The van der Waals surface area contributed by atoms with Crippen LogP contribution in [-0.2, 0) is 11.2 Å². The molecule has 2 aliphatic heterocycles. The molecule has 0 atom stereocenters. The van der Waals surface area contributed by atoms with Gasteiger partial charge in [0.05, 0.1) is 17.4 Å². The average molecular weight is 446 g/mol. The summed E-state index contributed by atoms with van der Waals surface area (Å²) in [4.78, 5) is 19.2. The lowest BCUT2D eigenvalue weighted by Gasteiger charge is -2.37. The minimum Gasteiger partial charge on any atom is -0.297 e. The summed E-state index contributed by atoms with van der Waals surface area (Å²) in [6.07, 6.45) is 6.72. The molecule has 0 N–H and O–H groups in total. The smallest absolute Gasteiger partial charge is 0.259 e.